The number of thiophene rings is 2. The molecule has 3 aromatic rings. The van der Waals surface area contributed by atoms with E-state index in [9.17, 15) is 9.59 Å². The molecule has 1 aromatic carbocycles. The normalized spacial score (nSPS) is 15.4. The smallest absolute Gasteiger partial charge is 0.242 e. The van der Waals surface area contributed by atoms with E-state index < -0.39 is 0 Å². The lowest BCUT2D eigenvalue weighted by Gasteiger charge is -2.38. The first-order valence-corrected chi connectivity index (χ1v) is 13.1. The molecule has 2 amide bonds. The number of nitrogens with zero attached hydrogens (tertiary/aromatic N) is 2. The van der Waals surface area contributed by atoms with Gasteiger partial charge < -0.3 is 14.5 Å². The predicted molar refractivity (Wildman–Crippen MR) is 135 cm³/mol. The van der Waals surface area contributed by atoms with Crippen molar-refractivity contribution in [2.45, 2.75) is 18.9 Å². The van der Waals surface area contributed by atoms with E-state index in [1.54, 1.807) is 35.5 Å². The molecule has 1 unspecified atom stereocenters. The van der Waals surface area contributed by atoms with Gasteiger partial charge in [-0.1, -0.05) is 35.3 Å². The molecule has 1 atom stereocenters. The highest BCUT2D eigenvalue weighted by atomic mass is 35.5. The number of benzene rings is 1. The summed E-state index contributed by atoms with van der Waals surface area (Å²) in [5, 5.41) is 5.06. The van der Waals surface area contributed by atoms with Crippen molar-refractivity contribution >= 4 is 57.7 Å². The Morgan fingerprint density at radius 3 is 2.73 bits per heavy atom. The molecule has 5 nitrogen and oxygen atoms in total. The molecule has 174 valence electrons. The average molecular weight is 524 g/mol. The van der Waals surface area contributed by atoms with Gasteiger partial charge in [0.05, 0.1) is 25.6 Å². The molecule has 0 radical (unpaired) electrons. The van der Waals surface area contributed by atoms with E-state index in [0.29, 0.717) is 29.7 Å². The van der Waals surface area contributed by atoms with E-state index in [-0.39, 0.29) is 30.8 Å². The molecule has 0 fully saturated rings. The number of fused-ring (bicyclic) bond motifs is 1. The van der Waals surface area contributed by atoms with Gasteiger partial charge in [-0.25, -0.2) is 0 Å². The topological polar surface area (TPSA) is 49.9 Å². The van der Waals surface area contributed by atoms with Crippen molar-refractivity contribution < 1.29 is 14.3 Å². The van der Waals surface area contributed by atoms with Gasteiger partial charge in [0.15, 0.2) is 0 Å². The highest BCUT2D eigenvalue weighted by molar-refractivity contribution is 7.10. The van der Waals surface area contributed by atoms with Crippen LogP contribution < -0.4 is 0 Å². The second kappa shape index (κ2) is 11.0. The summed E-state index contributed by atoms with van der Waals surface area (Å²) in [6, 6.07) is 11.0. The van der Waals surface area contributed by atoms with Crippen LogP contribution in [-0.2, 0) is 27.2 Å². The Labute approximate surface area is 211 Å². The zero-order valence-electron chi connectivity index (χ0n) is 18.1. The Morgan fingerprint density at radius 2 is 2.00 bits per heavy atom. The summed E-state index contributed by atoms with van der Waals surface area (Å²) in [6.45, 7) is 1.28. The van der Waals surface area contributed by atoms with Crippen LogP contribution in [0.4, 0.5) is 0 Å². The van der Waals surface area contributed by atoms with E-state index in [4.69, 9.17) is 27.9 Å². The standard InChI is InChI=1S/C24H24Cl2N2O3S2/c1-31-10-9-27(22(29)14-17-3-2-11-32-17)15-23(30)28-8-6-21-19(7-12-33-21)24(28)18-5-4-16(25)13-20(18)26/h2-5,7,11-13,24H,6,8-10,14-15H2,1H3. The van der Waals surface area contributed by atoms with E-state index in [1.165, 1.54) is 16.2 Å². The molecule has 4 rings (SSSR count). The lowest BCUT2D eigenvalue weighted by molar-refractivity contribution is -0.141. The Hall–Kier alpha value is -1.90. The van der Waals surface area contributed by atoms with Crippen molar-refractivity contribution in [1.82, 2.24) is 9.80 Å². The lowest BCUT2D eigenvalue weighted by atomic mass is 9.93. The van der Waals surface area contributed by atoms with Crippen LogP contribution in [0.3, 0.4) is 0 Å². The van der Waals surface area contributed by atoms with Crippen LogP contribution in [0.1, 0.15) is 26.9 Å². The first-order chi connectivity index (χ1) is 16.0. The van der Waals surface area contributed by atoms with E-state index in [0.717, 1.165) is 22.4 Å². The van der Waals surface area contributed by atoms with E-state index in [1.807, 2.05) is 33.9 Å². The molecule has 0 N–H and O–H groups in total. The van der Waals surface area contributed by atoms with E-state index in [2.05, 4.69) is 6.07 Å². The zero-order chi connectivity index (χ0) is 23.4. The number of methoxy groups -OCH3 is 1. The van der Waals surface area contributed by atoms with Gasteiger partial charge in [-0.3, -0.25) is 9.59 Å². The highest BCUT2D eigenvalue weighted by Crippen LogP contribution is 2.41. The van der Waals surface area contributed by atoms with Crippen molar-refractivity contribution in [2.24, 2.45) is 0 Å². The van der Waals surface area contributed by atoms with Gasteiger partial charge in [0.25, 0.3) is 0 Å². The second-order valence-corrected chi connectivity index (χ2v) is 10.6. The van der Waals surface area contributed by atoms with Crippen LogP contribution in [0.2, 0.25) is 10.0 Å². The fraction of sp³-hybridized carbons (Fsp3) is 0.333. The minimum absolute atomic E-state index is 0.00521. The molecule has 0 bridgehead atoms. The Bertz CT molecular complexity index is 1120. The van der Waals surface area contributed by atoms with Gasteiger partial charge in [0.2, 0.25) is 11.8 Å². The molecular formula is C24H24Cl2N2O3S2. The SMILES string of the molecule is COCCN(CC(=O)N1CCc2sccc2C1c1ccc(Cl)cc1Cl)C(=O)Cc1cccs1. The molecule has 0 spiro atoms. The molecule has 0 aliphatic carbocycles. The quantitative estimate of drug-likeness (QED) is 0.402. The number of amides is 2. The molecule has 0 saturated heterocycles. The molecule has 9 heteroatoms. The first-order valence-electron chi connectivity index (χ1n) is 10.6. The third-order valence-electron chi connectivity index (χ3n) is 5.69. The van der Waals surface area contributed by atoms with Crippen LogP contribution in [0, 0.1) is 0 Å². The molecule has 1 aliphatic rings. The van der Waals surface area contributed by atoms with Gasteiger partial charge in [-0.05, 0) is 52.6 Å². The van der Waals surface area contributed by atoms with Crippen LogP contribution in [-0.4, -0.2) is 55.0 Å². The summed E-state index contributed by atoms with van der Waals surface area (Å²) in [6.07, 6.45) is 1.05. The van der Waals surface area contributed by atoms with Gasteiger partial charge in [0, 0.05) is 40.0 Å². The first kappa shape index (κ1) is 24.2. The summed E-state index contributed by atoms with van der Waals surface area (Å²) < 4.78 is 5.19. The summed E-state index contributed by atoms with van der Waals surface area (Å²) in [5.74, 6) is -0.198. The molecule has 3 heterocycles. The third-order valence-corrected chi connectivity index (χ3v) is 8.13. The van der Waals surface area contributed by atoms with Gasteiger partial charge in [-0.15, -0.1) is 22.7 Å². The maximum Gasteiger partial charge on any atom is 0.242 e. The fourth-order valence-electron chi connectivity index (χ4n) is 4.07. The molecular weight excluding hydrogens is 499 g/mol. The fourth-order valence-corrected chi connectivity index (χ4v) is 6.18. The average Bonchev–Trinajstić information content (AvgIpc) is 3.48. The minimum Gasteiger partial charge on any atom is -0.383 e. The Morgan fingerprint density at radius 1 is 1.15 bits per heavy atom. The van der Waals surface area contributed by atoms with E-state index >= 15 is 0 Å². The number of ether oxygens (including phenoxy) is 1. The second-order valence-electron chi connectivity index (χ2n) is 7.77. The summed E-state index contributed by atoms with van der Waals surface area (Å²) in [5.41, 5.74) is 1.92. The number of halogens is 2. The van der Waals surface area contributed by atoms with Gasteiger partial charge in [-0.2, -0.15) is 0 Å². The number of rotatable bonds is 8. The number of carbonyl (C=O) groups excluding carboxylic acids is 2. The van der Waals surface area contributed by atoms with Crippen LogP contribution in [0.25, 0.3) is 0 Å². The number of hydrogen-bond donors (Lipinski definition) is 0. The summed E-state index contributed by atoms with van der Waals surface area (Å²) >= 11 is 15.9. The maximum absolute atomic E-state index is 13.6. The van der Waals surface area contributed by atoms with Crippen LogP contribution in [0.15, 0.2) is 47.2 Å². The van der Waals surface area contributed by atoms with Crippen molar-refractivity contribution in [3.05, 3.63) is 78.1 Å². The maximum atomic E-state index is 13.6. The third kappa shape index (κ3) is 5.61. The van der Waals surface area contributed by atoms with Crippen molar-refractivity contribution in [1.29, 1.82) is 0 Å². The van der Waals surface area contributed by atoms with Crippen molar-refractivity contribution in [3.8, 4) is 0 Å². The predicted octanol–water partition coefficient (Wildman–Crippen LogP) is 5.31. The van der Waals surface area contributed by atoms with Crippen LogP contribution >= 0.6 is 45.9 Å². The molecule has 33 heavy (non-hydrogen) atoms. The minimum atomic E-state index is -0.311. The molecule has 2 aromatic heterocycles. The summed E-state index contributed by atoms with van der Waals surface area (Å²) in [4.78, 5) is 32.3. The highest BCUT2D eigenvalue weighted by Gasteiger charge is 2.35. The van der Waals surface area contributed by atoms with Gasteiger partial charge >= 0.3 is 0 Å². The lowest BCUT2D eigenvalue weighted by Crippen LogP contribution is -2.47. The summed E-state index contributed by atoms with van der Waals surface area (Å²) in [7, 11) is 1.59. The van der Waals surface area contributed by atoms with Crippen molar-refractivity contribution in [3.63, 3.8) is 0 Å². The number of hydrogen-bond acceptors (Lipinski definition) is 5. The van der Waals surface area contributed by atoms with Crippen molar-refractivity contribution in [2.75, 3.05) is 33.4 Å². The molecule has 1 aliphatic heterocycles. The van der Waals surface area contributed by atoms with Crippen LogP contribution in [0.5, 0.6) is 0 Å². The monoisotopic (exact) mass is 522 g/mol. The zero-order valence-corrected chi connectivity index (χ0v) is 21.3. The molecule has 0 saturated carbocycles. The van der Waals surface area contributed by atoms with Gasteiger partial charge in [0.1, 0.15) is 0 Å². The Kier molecular flexibility index (Phi) is 8.09. The Balaban J connectivity index is 1.59. The largest absolute Gasteiger partial charge is 0.383 e. The number of carbonyl (C=O) groups is 2.